The van der Waals surface area contributed by atoms with Crippen LogP contribution in [-0.4, -0.2) is 47.9 Å². The third-order valence-corrected chi connectivity index (χ3v) is 7.82. The molecule has 1 aromatic carbocycles. The number of anilines is 2. The average Bonchev–Trinajstić information content (AvgIpc) is 3.31. The summed E-state index contributed by atoms with van der Waals surface area (Å²) in [5, 5.41) is 7.43. The van der Waals surface area contributed by atoms with Crippen molar-refractivity contribution in [3.8, 4) is 11.4 Å². The number of sulfonamides is 1. The number of hydrogen-bond donors (Lipinski definition) is 3. The molecule has 2 aromatic heterocycles. The highest BCUT2D eigenvalue weighted by molar-refractivity contribution is 7.92. The largest absolute Gasteiger partial charge is 0.359 e. The second-order valence-corrected chi connectivity index (χ2v) is 11.2. The van der Waals surface area contributed by atoms with E-state index < -0.39 is 10.0 Å². The van der Waals surface area contributed by atoms with Crippen molar-refractivity contribution < 1.29 is 8.42 Å². The summed E-state index contributed by atoms with van der Waals surface area (Å²) in [5.74, 6) is 3.26. The molecule has 3 aromatic rings. The fourth-order valence-corrected chi connectivity index (χ4v) is 4.53. The smallest absolute Gasteiger partial charge is 0.233 e. The van der Waals surface area contributed by atoms with Crippen molar-refractivity contribution in [1.29, 1.82) is 0 Å². The van der Waals surface area contributed by atoms with Crippen molar-refractivity contribution in [1.82, 2.24) is 20.2 Å². The highest BCUT2D eigenvalue weighted by Gasteiger charge is 2.33. The van der Waals surface area contributed by atoms with Gasteiger partial charge in [-0.15, -0.1) is 0 Å². The zero-order chi connectivity index (χ0) is 24.5. The zero-order valence-electron chi connectivity index (χ0n) is 20.1. The highest BCUT2D eigenvalue weighted by atomic mass is 32.2. The Hall–Kier alpha value is -2.98. The molecule has 9 nitrogen and oxygen atoms in total. The summed E-state index contributed by atoms with van der Waals surface area (Å²) in [4.78, 5) is 11.3. The summed E-state index contributed by atoms with van der Waals surface area (Å²) in [6.07, 6.45) is 1.20. The lowest BCUT2D eigenvalue weighted by Gasteiger charge is -2.20. The molecule has 0 spiro atoms. The van der Waals surface area contributed by atoms with Gasteiger partial charge in [0.2, 0.25) is 10.0 Å². The molecule has 34 heavy (non-hydrogen) atoms. The molecular formula is C24H33N7O2S. The standard InChI is InChI=1S/C24H33N7O2S/c1-5-34(32,33)30-20-12-18(13-21(26-20)31(4)14-19-11-15(19)2)24-27-23(28-29-24)16(3)22(25)17-9-7-6-8-10-17/h6-10,12-13,15-16,19,22H,5,11,14,25H2,1-4H3,(H,26,30)(H,27,28,29). The van der Waals surface area contributed by atoms with E-state index >= 15 is 0 Å². The summed E-state index contributed by atoms with van der Waals surface area (Å²) in [6.45, 7) is 6.69. The van der Waals surface area contributed by atoms with E-state index in [0.717, 1.165) is 12.1 Å². The summed E-state index contributed by atoms with van der Waals surface area (Å²) in [5.41, 5.74) is 8.17. The van der Waals surface area contributed by atoms with Crippen LogP contribution in [0.2, 0.25) is 0 Å². The van der Waals surface area contributed by atoms with Crippen LogP contribution >= 0.6 is 0 Å². The maximum atomic E-state index is 12.2. The van der Waals surface area contributed by atoms with Crippen LogP contribution < -0.4 is 15.4 Å². The molecule has 0 radical (unpaired) electrons. The van der Waals surface area contributed by atoms with Gasteiger partial charge in [0.15, 0.2) is 5.82 Å². The summed E-state index contributed by atoms with van der Waals surface area (Å²) >= 11 is 0. The Labute approximate surface area is 201 Å². The molecular weight excluding hydrogens is 450 g/mol. The molecule has 2 heterocycles. The van der Waals surface area contributed by atoms with Gasteiger partial charge in [-0.05, 0) is 42.9 Å². The first kappa shape index (κ1) is 24.2. The molecule has 4 atom stereocenters. The zero-order valence-corrected chi connectivity index (χ0v) is 20.9. The Morgan fingerprint density at radius 2 is 1.94 bits per heavy atom. The van der Waals surface area contributed by atoms with Gasteiger partial charge in [-0.25, -0.2) is 18.4 Å². The Morgan fingerprint density at radius 3 is 2.59 bits per heavy atom. The van der Waals surface area contributed by atoms with Gasteiger partial charge in [-0.1, -0.05) is 44.2 Å². The van der Waals surface area contributed by atoms with Crippen LogP contribution in [0.1, 0.15) is 50.5 Å². The van der Waals surface area contributed by atoms with Crippen LogP contribution in [0.3, 0.4) is 0 Å². The SMILES string of the molecule is CCS(=O)(=O)Nc1cc(-c2n[nH]c(C(C)C(N)c3ccccc3)n2)cc(N(C)CC2CC2C)n1. The summed E-state index contributed by atoms with van der Waals surface area (Å²) in [6, 6.07) is 13.2. The molecule has 0 amide bonds. The van der Waals surface area contributed by atoms with Crippen molar-refractivity contribution in [2.45, 2.75) is 39.2 Å². The Balaban J connectivity index is 1.63. The molecule has 1 aliphatic rings. The van der Waals surface area contributed by atoms with Gasteiger partial charge in [0.1, 0.15) is 17.5 Å². The molecule has 1 saturated carbocycles. The van der Waals surface area contributed by atoms with Gasteiger partial charge < -0.3 is 10.6 Å². The van der Waals surface area contributed by atoms with E-state index in [-0.39, 0.29) is 23.5 Å². The number of benzene rings is 1. The molecule has 4 N–H and O–H groups in total. The van der Waals surface area contributed by atoms with Crippen LogP contribution in [0.25, 0.3) is 11.4 Å². The van der Waals surface area contributed by atoms with Crippen molar-refractivity contribution in [2.75, 3.05) is 29.0 Å². The lowest BCUT2D eigenvalue weighted by atomic mass is 9.95. The monoisotopic (exact) mass is 483 g/mol. The molecule has 0 bridgehead atoms. The van der Waals surface area contributed by atoms with Gasteiger partial charge in [-0.3, -0.25) is 9.82 Å². The first-order chi connectivity index (χ1) is 16.2. The first-order valence-corrected chi connectivity index (χ1v) is 13.3. The van der Waals surface area contributed by atoms with E-state index in [1.54, 1.807) is 13.0 Å². The third-order valence-electron chi connectivity index (χ3n) is 6.54. The van der Waals surface area contributed by atoms with Crippen LogP contribution in [0.4, 0.5) is 11.6 Å². The van der Waals surface area contributed by atoms with E-state index in [1.165, 1.54) is 6.42 Å². The number of aromatic amines is 1. The number of nitrogens with one attached hydrogen (secondary N) is 2. The fraction of sp³-hybridized carbons (Fsp3) is 0.458. The number of rotatable bonds is 10. The van der Waals surface area contributed by atoms with Crippen LogP contribution in [0, 0.1) is 11.8 Å². The van der Waals surface area contributed by atoms with Gasteiger partial charge in [0.05, 0.1) is 5.75 Å². The normalized spacial score (nSPS) is 19.4. The molecule has 0 aliphatic heterocycles. The van der Waals surface area contributed by atoms with Crippen molar-refractivity contribution >= 4 is 21.7 Å². The number of H-pyrrole nitrogens is 1. The van der Waals surface area contributed by atoms with Crippen LogP contribution in [0.5, 0.6) is 0 Å². The molecule has 1 fully saturated rings. The second kappa shape index (κ2) is 9.71. The van der Waals surface area contributed by atoms with E-state index in [0.29, 0.717) is 34.9 Å². The molecule has 1 aliphatic carbocycles. The lowest BCUT2D eigenvalue weighted by Crippen LogP contribution is -2.23. The quantitative estimate of drug-likeness (QED) is 0.402. The van der Waals surface area contributed by atoms with E-state index in [1.807, 2.05) is 50.4 Å². The summed E-state index contributed by atoms with van der Waals surface area (Å²) in [7, 11) is -1.51. The maximum absolute atomic E-state index is 12.2. The Morgan fingerprint density at radius 1 is 1.24 bits per heavy atom. The number of hydrogen-bond acceptors (Lipinski definition) is 7. The van der Waals surface area contributed by atoms with Gasteiger partial charge in [-0.2, -0.15) is 5.10 Å². The lowest BCUT2D eigenvalue weighted by molar-refractivity contribution is 0.569. The second-order valence-electron chi connectivity index (χ2n) is 9.23. The van der Waals surface area contributed by atoms with E-state index in [9.17, 15) is 8.42 Å². The van der Waals surface area contributed by atoms with Crippen molar-refractivity contribution in [2.24, 2.45) is 17.6 Å². The average molecular weight is 484 g/mol. The molecule has 4 unspecified atom stereocenters. The first-order valence-electron chi connectivity index (χ1n) is 11.6. The van der Waals surface area contributed by atoms with Crippen LogP contribution in [0.15, 0.2) is 42.5 Å². The summed E-state index contributed by atoms with van der Waals surface area (Å²) < 4.78 is 27.0. The predicted octanol–water partition coefficient (Wildman–Crippen LogP) is 3.52. The minimum absolute atomic E-state index is 0.0383. The minimum Gasteiger partial charge on any atom is -0.359 e. The number of aromatic nitrogens is 4. The predicted molar refractivity (Wildman–Crippen MR) is 135 cm³/mol. The van der Waals surface area contributed by atoms with Gasteiger partial charge >= 0.3 is 0 Å². The third kappa shape index (κ3) is 5.56. The minimum atomic E-state index is -3.48. The number of pyridine rings is 1. The van der Waals surface area contributed by atoms with E-state index in [2.05, 4.69) is 31.7 Å². The Kier molecular flexibility index (Phi) is 6.90. The molecule has 4 rings (SSSR count). The molecule has 10 heteroatoms. The topological polar surface area (TPSA) is 130 Å². The maximum Gasteiger partial charge on any atom is 0.233 e. The molecule has 182 valence electrons. The number of nitrogens with zero attached hydrogens (tertiary/aromatic N) is 4. The van der Waals surface area contributed by atoms with Gasteiger partial charge in [0.25, 0.3) is 0 Å². The highest BCUT2D eigenvalue weighted by Crippen LogP contribution is 2.39. The van der Waals surface area contributed by atoms with Crippen molar-refractivity contribution in [3.63, 3.8) is 0 Å². The number of nitrogens with two attached hydrogens (primary N) is 1. The fourth-order valence-electron chi connectivity index (χ4n) is 3.96. The van der Waals surface area contributed by atoms with E-state index in [4.69, 9.17) is 10.7 Å². The van der Waals surface area contributed by atoms with Crippen LogP contribution in [-0.2, 0) is 10.0 Å². The Bertz CT molecular complexity index is 1230. The van der Waals surface area contributed by atoms with Crippen molar-refractivity contribution in [3.05, 3.63) is 53.9 Å². The van der Waals surface area contributed by atoms with Gasteiger partial charge in [0, 0.05) is 31.1 Å². The molecule has 0 saturated heterocycles.